The van der Waals surface area contributed by atoms with E-state index in [4.69, 9.17) is 0 Å². The van der Waals surface area contributed by atoms with E-state index in [0.29, 0.717) is 6.54 Å². The fourth-order valence-electron chi connectivity index (χ4n) is 3.71. The maximum Gasteiger partial charge on any atom is 0.225 e. The molecule has 0 bridgehead atoms. The summed E-state index contributed by atoms with van der Waals surface area (Å²) in [5.41, 5.74) is 3.52. The van der Waals surface area contributed by atoms with Crippen LogP contribution in [0.15, 0.2) is 30.5 Å². The van der Waals surface area contributed by atoms with Gasteiger partial charge in [0.1, 0.15) is 5.82 Å². The first kappa shape index (κ1) is 17.9. The van der Waals surface area contributed by atoms with E-state index in [9.17, 15) is 9.50 Å². The third kappa shape index (κ3) is 3.79. The first-order valence-corrected chi connectivity index (χ1v) is 9.24. The Morgan fingerprint density at radius 2 is 1.81 bits per heavy atom. The molecule has 1 atom stereocenters. The van der Waals surface area contributed by atoms with Gasteiger partial charge in [-0.1, -0.05) is 0 Å². The average Bonchev–Trinajstić information content (AvgIpc) is 3.04. The minimum atomic E-state index is -0.662. The predicted molar refractivity (Wildman–Crippen MR) is 103 cm³/mol. The Balaban J connectivity index is 1.40. The summed E-state index contributed by atoms with van der Waals surface area (Å²) in [5, 5.41) is 11.4. The minimum absolute atomic E-state index is 0.294. The fourth-order valence-corrected chi connectivity index (χ4v) is 3.71. The molecule has 0 saturated carbocycles. The summed E-state index contributed by atoms with van der Waals surface area (Å²) in [6, 6.07) is 6.56. The largest absolute Gasteiger partial charge is 0.387 e. The molecule has 1 fully saturated rings. The van der Waals surface area contributed by atoms with Gasteiger partial charge in [-0.15, -0.1) is 0 Å². The lowest BCUT2D eigenvalue weighted by molar-refractivity contribution is 0.110. The number of rotatable bonds is 4. The molecule has 0 spiro atoms. The highest BCUT2D eigenvalue weighted by molar-refractivity contribution is 5.83. The normalized spacial score (nSPS) is 16.8. The van der Waals surface area contributed by atoms with Crippen LogP contribution < -0.4 is 4.90 Å². The number of fused-ring (bicyclic) bond motifs is 1. The lowest BCUT2D eigenvalue weighted by Gasteiger charge is -2.35. The van der Waals surface area contributed by atoms with Crippen molar-refractivity contribution in [1.29, 1.82) is 0 Å². The van der Waals surface area contributed by atoms with E-state index >= 15 is 0 Å². The van der Waals surface area contributed by atoms with Crippen LogP contribution in [0.25, 0.3) is 10.9 Å². The second kappa shape index (κ2) is 7.25. The number of H-pyrrole nitrogens is 1. The number of aliphatic hydroxyl groups excluding tert-OH is 1. The van der Waals surface area contributed by atoms with Crippen LogP contribution in [0.5, 0.6) is 0 Å². The third-order valence-corrected chi connectivity index (χ3v) is 5.09. The van der Waals surface area contributed by atoms with Crippen molar-refractivity contribution in [2.24, 2.45) is 0 Å². The molecule has 6 nitrogen and oxygen atoms in total. The van der Waals surface area contributed by atoms with Gasteiger partial charge in [0.05, 0.1) is 6.10 Å². The number of piperazine rings is 1. The molecule has 27 heavy (non-hydrogen) atoms. The van der Waals surface area contributed by atoms with E-state index in [1.165, 1.54) is 12.1 Å². The van der Waals surface area contributed by atoms with E-state index < -0.39 is 6.10 Å². The number of benzene rings is 1. The molecule has 1 aromatic carbocycles. The van der Waals surface area contributed by atoms with Gasteiger partial charge in [0.25, 0.3) is 0 Å². The summed E-state index contributed by atoms with van der Waals surface area (Å²) in [6.07, 6.45) is 1.11. The molecule has 142 valence electrons. The number of halogens is 1. The smallest absolute Gasteiger partial charge is 0.225 e. The molecule has 0 aliphatic carbocycles. The summed E-state index contributed by atoms with van der Waals surface area (Å²) in [4.78, 5) is 16.6. The van der Waals surface area contributed by atoms with Crippen LogP contribution in [0.3, 0.4) is 0 Å². The van der Waals surface area contributed by atoms with E-state index in [-0.39, 0.29) is 5.82 Å². The Bertz CT molecular complexity index is 928. The van der Waals surface area contributed by atoms with Gasteiger partial charge in [-0.25, -0.2) is 14.4 Å². The molecule has 1 saturated heterocycles. The summed E-state index contributed by atoms with van der Waals surface area (Å²) in [5.74, 6) is 0.484. The van der Waals surface area contributed by atoms with Crippen molar-refractivity contribution < 1.29 is 9.50 Å². The number of nitrogens with zero attached hydrogens (tertiary/aromatic N) is 4. The van der Waals surface area contributed by atoms with Crippen LogP contribution in [0, 0.1) is 19.7 Å². The number of hydrogen-bond donors (Lipinski definition) is 2. The Kier molecular flexibility index (Phi) is 4.80. The second-order valence-electron chi connectivity index (χ2n) is 7.19. The first-order valence-electron chi connectivity index (χ1n) is 9.24. The van der Waals surface area contributed by atoms with Gasteiger partial charge in [-0.3, -0.25) is 4.90 Å². The Morgan fingerprint density at radius 3 is 2.52 bits per heavy atom. The minimum Gasteiger partial charge on any atom is -0.387 e. The molecule has 7 heteroatoms. The number of nitrogens with one attached hydrogen (secondary N) is 1. The van der Waals surface area contributed by atoms with Crippen LogP contribution in [0.2, 0.25) is 0 Å². The Labute approximate surface area is 157 Å². The van der Waals surface area contributed by atoms with Crippen molar-refractivity contribution in [2.45, 2.75) is 20.0 Å². The zero-order valence-electron chi connectivity index (χ0n) is 15.6. The molecule has 1 aliphatic heterocycles. The van der Waals surface area contributed by atoms with Crippen LogP contribution in [-0.4, -0.2) is 57.7 Å². The highest BCUT2D eigenvalue weighted by Crippen LogP contribution is 2.26. The molecule has 2 aromatic heterocycles. The molecule has 0 unspecified atom stereocenters. The molecule has 0 amide bonds. The number of aliphatic hydroxyl groups is 1. The molecule has 0 radical (unpaired) electrons. The van der Waals surface area contributed by atoms with Crippen LogP contribution >= 0.6 is 0 Å². The van der Waals surface area contributed by atoms with Crippen molar-refractivity contribution in [3.8, 4) is 0 Å². The summed E-state index contributed by atoms with van der Waals surface area (Å²) in [6.45, 7) is 7.76. The van der Waals surface area contributed by atoms with Crippen molar-refractivity contribution in [2.75, 3.05) is 37.6 Å². The maximum absolute atomic E-state index is 13.6. The van der Waals surface area contributed by atoms with E-state index in [1.807, 2.05) is 19.9 Å². The number of anilines is 1. The third-order valence-electron chi connectivity index (χ3n) is 5.09. The van der Waals surface area contributed by atoms with E-state index in [1.54, 1.807) is 12.3 Å². The molecule has 3 heterocycles. The maximum atomic E-state index is 13.6. The van der Waals surface area contributed by atoms with Crippen molar-refractivity contribution >= 4 is 16.9 Å². The van der Waals surface area contributed by atoms with Gasteiger partial charge in [-0.05, 0) is 38.1 Å². The molecule has 3 aromatic rings. The van der Waals surface area contributed by atoms with E-state index in [0.717, 1.165) is 60.0 Å². The van der Waals surface area contributed by atoms with Gasteiger partial charge in [0, 0.05) is 66.8 Å². The molecule has 4 rings (SSSR count). The van der Waals surface area contributed by atoms with Gasteiger partial charge in [-0.2, -0.15) is 0 Å². The van der Waals surface area contributed by atoms with Crippen LogP contribution in [0.1, 0.15) is 23.1 Å². The lowest BCUT2D eigenvalue weighted by atomic mass is 10.1. The summed E-state index contributed by atoms with van der Waals surface area (Å²) >= 11 is 0. The van der Waals surface area contributed by atoms with Gasteiger partial charge >= 0.3 is 0 Å². The quantitative estimate of drug-likeness (QED) is 0.740. The Hall–Kier alpha value is -2.51. The number of aromatic amines is 1. The second-order valence-corrected chi connectivity index (χ2v) is 7.19. The van der Waals surface area contributed by atoms with Crippen LogP contribution in [-0.2, 0) is 0 Å². The van der Waals surface area contributed by atoms with Crippen LogP contribution in [0.4, 0.5) is 10.3 Å². The zero-order chi connectivity index (χ0) is 19.0. The predicted octanol–water partition coefficient (Wildman–Crippen LogP) is 2.57. The highest BCUT2D eigenvalue weighted by Gasteiger charge is 2.23. The average molecular weight is 369 g/mol. The lowest BCUT2D eigenvalue weighted by Crippen LogP contribution is -2.48. The van der Waals surface area contributed by atoms with Gasteiger partial charge < -0.3 is 15.0 Å². The van der Waals surface area contributed by atoms with Gasteiger partial charge in [0.2, 0.25) is 5.95 Å². The number of β-amino-alcohol motifs (C(OH)–C–C–N with tert-alkyl or cyclic N) is 1. The molecule has 1 aliphatic rings. The molecular weight excluding hydrogens is 345 g/mol. The van der Waals surface area contributed by atoms with Crippen molar-refractivity contribution in [3.63, 3.8) is 0 Å². The van der Waals surface area contributed by atoms with Crippen molar-refractivity contribution in [3.05, 3.63) is 53.2 Å². The SMILES string of the molecule is Cc1cc(C)nc(N2CCN(C[C@@H](O)c3c[nH]c4ccc(F)cc34)CC2)n1. The molecule has 2 N–H and O–H groups in total. The zero-order valence-corrected chi connectivity index (χ0v) is 15.6. The first-order chi connectivity index (χ1) is 13.0. The van der Waals surface area contributed by atoms with Gasteiger partial charge in [0.15, 0.2) is 0 Å². The Morgan fingerprint density at radius 1 is 1.11 bits per heavy atom. The number of hydrogen-bond acceptors (Lipinski definition) is 5. The monoisotopic (exact) mass is 369 g/mol. The fraction of sp³-hybridized carbons (Fsp3) is 0.400. The van der Waals surface area contributed by atoms with Crippen molar-refractivity contribution in [1.82, 2.24) is 19.9 Å². The summed E-state index contributed by atoms with van der Waals surface area (Å²) in [7, 11) is 0. The highest BCUT2D eigenvalue weighted by atomic mass is 19.1. The number of aromatic nitrogens is 3. The topological polar surface area (TPSA) is 68.3 Å². The summed E-state index contributed by atoms with van der Waals surface area (Å²) < 4.78 is 13.6. The number of aryl methyl sites for hydroxylation is 2. The standard InChI is InChI=1S/C20H24FN5O/c1-13-9-14(2)24-20(23-13)26-7-5-25(6-8-26)12-19(27)17-11-22-18-4-3-15(21)10-16(17)18/h3-4,9-11,19,22,27H,5-8,12H2,1-2H3/t19-/m1/s1. The molecular formula is C20H24FN5O. The van der Waals surface area contributed by atoms with E-state index in [2.05, 4.69) is 24.8 Å².